The number of sulfonamides is 1. The molecule has 0 unspecified atom stereocenters. The molecule has 7 nitrogen and oxygen atoms in total. The lowest BCUT2D eigenvalue weighted by Crippen LogP contribution is -2.50. The minimum atomic E-state index is -4.12. The highest BCUT2D eigenvalue weighted by Gasteiger charge is 2.28. The molecule has 0 bridgehead atoms. The minimum absolute atomic E-state index is 0.0764. The van der Waals surface area contributed by atoms with Crippen LogP contribution in [0.25, 0.3) is 0 Å². The van der Waals surface area contributed by atoms with E-state index in [1.165, 1.54) is 0 Å². The van der Waals surface area contributed by atoms with Gasteiger partial charge in [0.15, 0.2) is 11.5 Å². The van der Waals surface area contributed by atoms with Gasteiger partial charge in [-0.05, 0) is 30.3 Å². The van der Waals surface area contributed by atoms with Gasteiger partial charge >= 0.3 is 0 Å². The smallest absolute Gasteiger partial charge is 0.279 e. The number of rotatable bonds is 4. The van der Waals surface area contributed by atoms with Gasteiger partial charge in [0.2, 0.25) is 6.10 Å². The Kier molecular flexibility index (Phi) is 4.80. The van der Waals surface area contributed by atoms with Crippen LogP contribution in [0.3, 0.4) is 0 Å². The van der Waals surface area contributed by atoms with Gasteiger partial charge in [0.1, 0.15) is 12.4 Å². The van der Waals surface area contributed by atoms with Gasteiger partial charge in [-0.25, -0.2) is 12.8 Å². The maximum Gasteiger partial charge on any atom is 0.279 e. The zero-order chi connectivity index (χ0) is 18.0. The van der Waals surface area contributed by atoms with Crippen LogP contribution >= 0.6 is 11.6 Å². The van der Waals surface area contributed by atoms with Gasteiger partial charge in [0, 0.05) is 0 Å². The van der Waals surface area contributed by atoms with E-state index in [0.29, 0.717) is 11.5 Å². The lowest BCUT2D eigenvalue weighted by Gasteiger charge is -2.25. The van der Waals surface area contributed by atoms with E-state index in [4.69, 9.17) is 21.1 Å². The Labute approximate surface area is 147 Å². The van der Waals surface area contributed by atoms with Crippen molar-refractivity contribution in [1.29, 1.82) is 0 Å². The maximum absolute atomic E-state index is 13.1. The number of fused-ring (bicyclic) bond motifs is 1. The number of carbonyl (C=O) groups is 1. The molecule has 0 fully saturated rings. The number of hydrogen-bond donors (Lipinski definition) is 2. The fourth-order valence-corrected chi connectivity index (χ4v) is 3.17. The van der Waals surface area contributed by atoms with Crippen molar-refractivity contribution in [2.75, 3.05) is 6.61 Å². The molecule has 132 valence electrons. The highest BCUT2D eigenvalue weighted by molar-refractivity contribution is 7.89. The second-order valence-electron chi connectivity index (χ2n) is 5.03. The van der Waals surface area contributed by atoms with E-state index >= 15 is 0 Å². The number of amides is 1. The van der Waals surface area contributed by atoms with Gasteiger partial charge < -0.3 is 9.47 Å². The third-order valence-electron chi connectivity index (χ3n) is 3.31. The molecule has 1 heterocycles. The summed E-state index contributed by atoms with van der Waals surface area (Å²) in [6, 6.07) is 9.64. The average Bonchev–Trinajstić information content (AvgIpc) is 2.61. The summed E-state index contributed by atoms with van der Waals surface area (Å²) in [5, 5.41) is -0.352. The molecule has 1 aliphatic heterocycles. The van der Waals surface area contributed by atoms with E-state index in [9.17, 15) is 17.6 Å². The predicted molar refractivity (Wildman–Crippen MR) is 86.2 cm³/mol. The highest BCUT2D eigenvalue weighted by Crippen LogP contribution is 2.30. The summed E-state index contributed by atoms with van der Waals surface area (Å²) in [7, 11) is -4.12. The van der Waals surface area contributed by atoms with Crippen LogP contribution in [0, 0.1) is 5.82 Å². The number of hydrazine groups is 1. The van der Waals surface area contributed by atoms with E-state index in [0.717, 1.165) is 18.2 Å². The SMILES string of the molecule is O=C(NNS(=O)(=O)c1ccc(F)c(Cl)c1)[C@@H]1COc2ccccc2O1. The Morgan fingerprint density at radius 2 is 1.92 bits per heavy atom. The Bertz CT molecular complexity index is 922. The number of hydrogen-bond acceptors (Lipinski definition) is 5. The van der Waals surface area contributed by atoms with Crippen molar-refractivity contribution in [3.8, 4) is 11.5 Å². The standard InChI is InChI=1S/C15H12ClFN2O5S/c16-10-7-9(5-6-11(10)17)25(21,22)19-18-15(20)14-8-23-12-3-1-2-4-13(12)24-14/h1-7,14,19H,8H2,(H,18,20)/t14-/m0/s1. The molecular weight excluding hydrogens is 375 g/mol. The summed E-state index contributed by atoms with van der Waals surface area (Å²) in [6.07, 6.45) is -1.03. The Morgan fingerprint density at radius 1 is 1.20 bits per heavy atom. The summed E-state index contributed by atoms with van der Waals surface area (Å²) in [5.74, 6) is -0.627. The van der Waals surface area contributed by atoms with Crippen molar-refractivity contribution in [2.24, 2.45) is 0 Å². The molecule has 0 spiro atoms. The first-order chi connectivity index (χ1) is 11.9. The monoisotopic (exact) mass is 386 g/mol. The molecule has 2 N–H and O–H groups in total. The van der Waals surface area contributed by atoms with Crippen LogP contribution in [-0.4, -0.2) is 27.0 Å². The Balaban J connectivity index is 1.65. The van der Waals surface area contributed by atoms with E-state index in [1.807, 2.05) is 10.3 Å². The quantitative estimate of drug-likeness (QED) is 0.779. The van der Waals surface area contributed by atoms with Crippen LogP contribution in [-0.2, 0) is 14.8 Å². The molecule has 1 amide bonds. The summed E-state index contributed by atoms with van der Waals surface area (Å²) >= 11 is 5.56. The Morgan fingerprint density at radius 3 is 2.64 bits per heavy atom. The number of halogens is 2. The summed E-state index contributed by atoms with van der Waals surface area (Å²) in [6.45, 7) is -0.0764. The number of carbonyl (C=O) groups excluding carboxylic acids is 1. The molecule has 0 saturated carbocycles. The summed E-state index contributed by atoms with van der Waals surface area (Å²) in [5.41, 5.74) is 2.04. The lowest BCUT2D eigenvalue weighted by molar-refractivity contribution is -0.130. The molecule has 3 rings (SSSR count). The largest absolute Gasteiger partial charge is 0.485 e. The molecule has 1 atom stereocenters. The van der Waals surface area contributed by atoms with Crippen molar-refractivity contribution in [1.82, 2.24) is 10.3 Å². The average molecular weight is 387 g/mol. The predicted octanol–water partition coefficient (Wildman–Crippen LogP) is 1.63. The van der Waals surface area contributed by atoms with Gasteiger partial charge in [-0.1, -0.05) is 23.7 Å². The fraction of sp³-hybridized carbons (Fsp3) is 0.133. The van der Waals surface area contributed by atoms with E-state index in [-0.39, 0.29) is 16.5 Å². The molecular formula is C15H12ClFN2O5S. The minimum Gasteiger partial charge on any atom is -0.485 e. The van der Waals surface area contributed by atoms with E-state index in [2.05, 4.69) is 0 Å². The van der Waals surface area contributed by atoms with Crippen molar-refractivity contribution >= 4 is 27.5 Å². The van der Waals surface area contributed by atoms with Crippen molar-refractivity contribution in [3.05, 3.63) is 53.3 Å². The molecule has 25 heavy (non-hydrogen) atoms. The zero-order valence-electron chi connectivity index (χ0n) is 12.5. The van der Waals surface area contributed by atoms with Crippen molar-refractivity contribution in [2.45, 2.75) is 11.0 Å². The van der Waals surface area contributed by atoms with Gasteiger partial charge in [-0.2, -0.15) is 0 Å². The Hall–Kier alpha value is -2.36. The normalized spacial score (nSPS) is 16.3. The van der Waals surface area contributed by atoms with Gasteiger partial charge in [0.05, 0.1) is 9.92 Å². The second kappa shape index (κ2) is 6.87. The molecule has 0 aliphatic carbocycles. The third kappa shape index (κ3) is 3.84. The van der Waals surface area contributed by atoms with Gasteiger partial charge in [-0.15, -0.1) is 4.83 Å². The van der Waals surface area contributed by atoms with Crippen molar-refractivity contribution < 1.29 is 27.1 Å². The molecule has 2 aromatic carbocycles. The molecule has 10 heteroatoms. The van der Waals surface area contributed by atoms with Gasteiger partial charge in [-0.3, -0.25) is 10.2 Å². The first-order valence-electron chi connectivity index (χ1n) is 7.02. The zero-order valence-corrected chi connectivity index (χ0v) is 14.1. The summed E-state index contributed by atoms with van der Waals surface area (Å²) in [4.78, 5) is 13.7. The molecule has 2 aromatic rings. The number of ether oxygens (including phenoxy) is 2. The van der Waals surface area contributed by atoms with Crippen LogP contribution < -0.4 is 19.7 Å². The van der Waals surface area contributed by atoms with E-state index < -0.39 is 27.9 Å². The van der Waals surface area contributed by atoms with Gasteiger partial charge in [0.25, 0.3) is 15.9 Å². The second-order valence-corrected chi connectivity index (χ2v) is 7.12. The topological polar surface area (TPSA) is 93.7 Å². The van der Waals surface area contributed by atoms with Crippen LogP contribution in [0.4, 0.5) is 4.39 Å². The summed E-state index contributed by atoms with van der Waals surface area (Å²) < 4.78 is 48.2. The molecule has 0 aromatic heterocycles. The van der Waals surface area contributed by atoms with Crippen molar-refractivity contribution in [3.63, 3.8) is 0 Å². The number of nitrogens with one attached hydrogen (secondary N) is 2. The van der Waals surface area contributed by atoms with Crippen LogP contribution in [0.2, 0.25) is 5.02 Å². The first-order valence-corrected chi connectivity index (χ1v) is 8.88. The maximum atomic E-state index is 13.1. The number of para-hydroxylation sites is 2. The van der Waals surface area contributed by atoms with E-state index in [1.54, 1.807) is 24.3 Å². The molecule has 0 saturated heterocycles. The van der Waals surface area contributed by atoms with Crippen LogP contribution in [0.5, 0.6) is 11.5 Å². The van der Waals surface area contributed by atoms with Crippen LogP contribution in [0.1, 0.15) is 0 Å². The highest BCUT2D eigenvalue weighted by atomic mass is 35.5. The number of benzene rings is 2. The fourth-order valence-electron chi connectivity index (χ4n) is 2.05. The molecule has 0 radical (unpaired) electrons. The third-order valence-corrected chi connectivity index (χ3v) is 4.85. The molecule has 1 aliphatic rings. The van der Waals surface area contributed by atoms with Crippen LogP contribution in [0.15, 0.2) is 47.4 Å². The first kappa shape index (κ1) is 17.5. The lowest BCUT2D eigenvalue weighted by atomic mass is 10.2.